The van der Waals surface area contributed by atoms with E-state index in [1.54, 1.807) is 37.3 Å². The zero-order valence-electron chi connectivity index (χ0n) is 14.2. The van der Waals surface area contributed by atoms with Crippen molar-refractivity contribution in [1.82, 2.24) is 0 Å². The number of fused-ring (bicyclic) bond motifs is 2. The lowest BCUT2D eigenvalue weighted by Gasteiger charge is -2.06. The molecule has 4 rings (SSSR count). The van der Waals surface area contributed by atoms with Crippen LogP contribution in [0.3, 0.4) is 0 Å². The molecule has 2 aromatic carbocycles. The Kier molecular flexibility index (Phi) is 4.24. The summed E-state index contributed by atoms with van der Waals surface area (Å²) in [5.41, 5.74) is 1.80. The lowest BCUT2D eigenvalue weighted by atomic mass is 9.99. The molecule has 136 valence electrons. The largest absolute Gasteiger partial charge is 0.453 e. The molecule has 27 heavy (non-hydrogen) atoms. The second-order valence-corrected chi connectivity index (χ2v) is 7.36. The molecule has 0 spiro atoms. The van der Waals surface area contributed by atoms with Crippen molar-refractivity contribution in [1.29, 1.82) is 0 Å². The maximum absolute atomic E-state index is 13.7. The molecular weight excluding hydrogens is 369 g/mol. The van der Waals surface area contributed by atoms with Gasteiger partial charge in [-0.25, -0.2) is 9.18 Å². The molecule has 1 aliphatic rings. The SMILES string of the molecule is C[C@H]1C(=O)Nc2ccc(C(=O)COC(=O)c3cc4c(F)cccc4s3)cc21. The van der Waals surface area contributed by atoms with Gasteiger partial charge in [-0.05, 0) is 48.9 Å². The number of carbonyl (C=O) groups is 3. The summed E-state index contributed by atoms with van der Waals surface area (Å²) in [6.07, 6.45) is 0. The lowest BCUT2D eigenvalue weighted by Crippen LogP contribution is -2.13. The number of Topliss-reactive ketones (excluding diaryl/α,β-unsaturated/α-hetero) is 1. The van der Waals surface area contributed by atoms with E-state index in [0.717, 1.165) is 16.9 Å². The molecule has 1 amide bonds. The van der Waals surface area contributed by atoms with E-state index in [-0.39, 0.29) is 22.5 Å². The highest BCUT2D eigenvalue weighted by atomic mass is 32.1. The smallest absolute Gasteiger partial charge is 0.348 e. The van der Waals surface area contributed by atoms with E-state index in [9.17, 15) is 18.8 Å². The molecular formula is C20H14FNO4S. The van der Waals surface area contributed by atoms with Crippen LogP contribution in [0.25, 0.3) is 10.1 Å². The van der Waals surface area contributed by atoms with Crippen LogP contribution in [0, 0.1) is 5.82 Å². The molecule has 3 aromatic rings. The second kappa shape index (κ2) is 6.59. The second-order valence-electron chi connectivity index (χ2n) is 6.27. The molecule has 2 heterocycles. The summed E-state index contributed by atoms with van der Waals surface area (Å²) in [5, 5.41) is 3.09. The van der Waals surface area contributed by atoms with Crippen LogP contribution in [-0.4, -0.2) is 24.3 Å². The summed E-state index contributed by atoms with van der Waals surface area (Å²) < 4.78 is 19.5. The number of ether oxygens (including phenoxy) is 1. The molecule has 0 radical (unpaired) electrons. The van der Waals surface area contributed by atoms with Crippen molar-refractivity contribution in [2.75, 3.05) is 11.9 Å². The van der Waals surface area contributed by atoms with Crippen LogP contribution in [0.4, 0.5) is 10.1 Å². The van der Waals surface area contributed by atoms with Gasteiger partial charge in [0.1, 0.15) is 10.7 Å². The highest BCUT2D eigenvalue weighted by Crippen LogP contribution is 2.33. The summed E-state index contributed by atoms with van der Waals surface area (Å²) in [4.78, 5) is 36.5. The third-order valence-corrected chi connectivity index (χ3v) is 5.62. The fourth-order valence-corrected chi connectivity index (χ4v) is 3.97. The average molecular weight is 383 g/mol. The molecule has 0 unspecified atom stereocenters. The molecule has 1 aliphatic heterocycles. The van der Waals surface area contributed by atoms with Gasteiger partial charge in [-0.3, -0.25) is 9.59 Å². The monoisotopic (exact) mass is 383 g/mol. The molecule has 5 nitrogen and oxygen atoms in total. The van der Waals surface area contributed by atoms with Crippen molar-refractivity contribution in [2.45, 2.75) is 12.8 Å². The van der Waals surface area contributed by atoms with E-state index in [1.165, 1.54) is 12.1 Å². The number of halogens is 1. The van der Waals surface area contributed by atoms with Crippen molar-refractivity contribution in [3.63, 3.8) is 0 Å². The van der Waals surface area contributed by atoms with Gasteiger partial charge in [0, 0.05) is 21.3 Å². The number of benzene rings is 2. The van der Waals surface area contributed by atoms with E-state index in [4.69, 9.17) is 4.74 Å². The molecule has 0 saturated carbocycles. The van der Waals surface area contributed by atoms with Gasteiger partial charge in [-0.15, -0.1) is 11.3 Å². The van der Waals surface area contributed by atoms with Crippen LogP contribution in [0.2, 0.25) is 0 Å². The van der Waals surface area contributed by atoms with Gasteiger partial charge in [-0.2, -0.15) is 0 Å². The van der Waals surface area contributed by atoms with E-state index >= 15 is 0 Å². The predicted molar refractivity (Wildman–Crippen MR) is 99.9 cm³/mol. The Hall–Kier alpha value is -3.06. The molecule has 7 heteroatoms. The van der Waals surface area contributed by atoms with Crippen molar-refractivity contribution in [3.8, 4) is 0 Å². The first kappa shape index (κ1) is 17.4. The highest BCUT2D eigenvalue weighted by Gasteiger charge is 2.27. The topological polar surface area (TPSA) is 72.5 Å². The summed E-state index contributed by atoms with van der Waals surface area (Å²) in [6, 6.07) is 10.9. The lowest BCUT2D eigenvalue weighted by molar-refractivity contribution is -0.116. The molecule has 0 fully saturated rings. The van der Waals surface area contributed by atoms with Gasteiger partial charge in [0.2, 0.25) is 5.91 Å². The fourth-order valence-electron chi connectivity index (χ4n) is 3.00. The third-order valence-electron chi connectivity index (χ3n) is 4.54. The Bertz CT molecular complexity index is 1100. The van der Waals surface area contributed by atoms with Crippen molar-refractivity contribution >= 4 is 44.8 Å². The number of hydrogen-bond donors (Lipinski definition) is 1. The fraction of sp³-hybridized carbons (Fsp3) is 0.150. The van der Waals surface area contributed by atoms with Gasteiger partial charge < -0.3 is 10.1 Å². The summed E-state index contributed by atoms with van der Waals surface area (Å²) >= 11 is 1.11. The number of rotatable bonds is 4. The van der Waals surface area contributed by atoms with E-state index in [2.05, 4.69) is 5.32 Å². The van der Waals surface area contributed by atoms with Crippen molar-refractivity contribution in [2.24, 2.45) is 0 Å². The number of amides is 1. The first-order valence-electron chi connectivity index (χ1n) is 8.27. The van der Waals surface area contributed by atoms with Crippen LogP contribution in [-0.2, 0) is 9.53 Å². The number of carbonyl (C=O) groups excluding carboxylic acids is 3. The molecule has 1 N–H and O–H groups in total. The molecule has 1 atom stereocenters. The first-order valence-corrected chi connectivity index (χ1v) is 9.09. The Balaban J connectivity index is 1.47. The first-order chi connectivity index (χ1) is 12.9. The van der Waals surface area contributed by atoms with Crippen LogP contribution < -0.4 is 5.32 Å². The number of nitrogens with one attached hydrogen (secondary N) is 1. The maximum Gasteiger partial charge on any atom is 0.348 e. The van der Waals surface area contributed by atoms with Gasteiger partial charge >= 0.3 is 5.97 Å². The van der Waals surface area contributed by atoms with Gasteiger partial charge in [0.25, 0.3) is 0 Å². The average Bonchev–Trinajstić information content (AvgIpc) is 3.22. The zero-order chi connectivity index (χ0) is 19.1. The highest BCUT2D eigenvalue weighted by molar-refractivity contribution is 7.20. The summed E-state index contributed by atoms with van der Waals surface area (Å²) in [5.74, 6) is -1.89. The number of thiophene rings is 1. The normalized spacial score (nSPS) is 15.5. The van der Waals surface area contributed by atoms with Gasteiger partial charge in [0.05, 0.1) is 5.92 Å². The minimum atomic E-state index is -0.671. The number of ketones is 1. The molecule has 0 saturated heterocycles. The van der Waals surface area contributed by atoms with Crippen LogP contribution in [0.5, 0.6) is 0 Å². The molecule has 0 aliphatic carbocycles. The quantitative estimate of drug-likeness (QED) is 0.543. The Morgan fingerprint density at radius 1 is 1.22 bits per heavy atom. The summed E-state index contributed by atoms with van der Waals surface area (Å²) in [6.45, 7) is 1.33. The van der Waals surface area contributed by atoms with Crippen molar-refractivity contribution in [3.05, 3.63) is 64.3 Å². The Morgan fingerprint density at radius 2 is 2.04 bits per heavy atom. The van der Waals surface area contributed by atoms with Gasteiger partial charge in [0.15, 0.2) is 12.4 Å². The maximum atomic E-state index is 13.7. The molecule has 0 bridgehead atoms. The van der Waals surface area contributed by atoms with Crippen LogP contribution in [0.15, 0.2) is 42.5 Å². The minimum absolute atomic E-state index is 0.113. The van der Waals surface area contributed by atoms with E-state index in [1.807, 2.05) is 0 Å². The standard InChI is InChI=1S/C20H14FNO4S/c1-10-12-7-11(5-6-15(12)22-19(10)24)16(23)9-26-20(25)18-8-13-14(21)3-2-4-17(13)27-18/h2-8,10H,9H2,1H3,(H,22,24)/t10-/m1/s1. The Morgan fingerprint density at radius 3 is 2.81 bits per heavy atom. The number of hydrogen-bond acceptors (Lipinski definition) is 5. The minimum Gasteiger partial charge on any atom is -0.453 e. The van der Waals surface area contributed by atoms with Crippen LogP contribution in [0.1, 0.15) is 38.4 Å². The summed E-state index contributed by atoms with van der Waals surface area (Å²) in [7, 11) is 0. The zero-order valence-corrected chi connectivity index (χ0v) is 15.1. The number of anilines is 1. The molecule has 1 aromatic heterocycles. The third kappa shape index (κ3) is 3.10. The van der Waals surface area contributed by atoms with Gasteiger partial charge in [-0.1, -0.05) is 6.07 Å². The van der Waals surface area contributed by atoms with E-state index < -0.39 is 18.4 Å². The van der Waals surface area contributed by atoms with E-state index in [0.29, 0.717) is 21.3 Å². The van der Waals surface area contributed by atoms with Crippen LogP contribution >= 0.6 is 11.3 Å². The van der Waals surface area contributed by atoms with Crippen molar-refractivity contribution < 1.29 is 23.5 Å². The predicted octanol–water partition coefficient (Wildman–Crippen LogP) is 4.14. The Labute approximate surface area is 157 Å². The number of esters is 1.